The van der Waals surface area contributed by atoms with Crippen molar-refractivity contribution in [1.82, 2.24) is 5.32 Å². The van der Waals surface area contributed by atoms with Crippen LogP contribution in [0.2, 0.25) is 0 Å². The summed E-state index contributed by atoms with van der Waals surface area (Å²) in [4.78, 5) is 36.2. The highest BCUT2D eigenvalue weighted by atomic mass is 16.6. The molecule has 40 heavy (non-hydrogen) atoms. The molecule has 0 bridgehead atoms. The topological polar surface area (TPSA) is 81.7 Å². The molecule has 6 nitrogen and oxygen atoms in total. The number of hydrogen-bond acceptors (Lipinski definition) is 5. The zero-order valence-electron chi connectivity index (χ0n) is 25.5. The summed E-state index contributed by atoms with van der Waals surface area (Å²) in [6.45, 7) is 7.62. The molecule has 0 aliphatic carbocycles. The normalized spacial score (nSPS) is 13.4. The third-order valence-corrected chi connectivity index (χ3v) is 5.50. The number of carbonyl (C=O) groups is 3. The van der Waals surface area contributed by atoms with Gasteiger partial charge in [-0.3, -0.25) is 9.59 Å². The van der Waals surface area contributed by atoms with Crippen LogP contribution in [0.4, 0.5) is 0 Å². The van der Waals surface area contributed by atoms with Crippen LogP contribution in [0.15, 0.2) is 72.9 Å². The molecular weight excluding hydrogens is 502 g/mol. The molecule has 0 aliphatic heterocycles. The predicted molar refractivity (Wildman–Crippen MR) is 166 cm³/mol. The highest BCUT2D eigenvalue weighted by Crippen LogP contribution is 2.12. The summed E-state index contributed by atoms with van der Waals surface area (Å²) >= 11 is 0. The van der Waals surface area contributed by atoms with Crippen LogP contribution < -0.4 is 5.32 Å². The molecule has 0 saturated carbocycles. The number of ether oxygens (including phenoxy) is 2. The van der Waals surface area contributed by atoms with Crippen LogP contribution in [0.5, 0.6) is 0 Å². The second kappa shape index (κ2) is 24.9. The predicted octanol–water partition coefficient (Wildman–Crippen LogP) is 8.02. The maximum Gasteiger partial charge on any atom is 0.328 e. The number of esters is 2. The fraction of sp³-hybridized carbons (Fsp3) is 0.559. The molecule has 0 aromatic rings. The lowest BCUT2D eigenvalue weighted by molar-refractivity contribution is -0.155. The largest absolute Gasteiger partial charge is 0.467 e. The monoisotopic (exact) mass is 555 g/mol. The number of unbranched alkanes of at least 4 members (excludes halogenated alkanes) is 1. The third kappa shape index (κ3) is 25.1. The molecule has 0 aromatic heterocycles. The highest BCUT2D eigenvalue weighted by molar-refractivity contribution is 5.84. The summed E-state index contributed by atoms with van der Waals surface area (Å²) in [5, 5.41) is 2.76. The molecule has 0 heterocycles. The van der Waals surface area contributed by atoms with Crippen LogP contribution in [0.1, 0.15) is 105 Å². The van der Waals surface area contributed by atoms with Crippen molar-refractivity contribution < 1.29 is 23.9 Å². The Kier molecular flexibility index (Phi) is 22.9. The second-order valence-corrected chi connectivity index (χ2v) is 10.4. The molecule has 0 rings (SSSR count). The SMILES string of the molecule is CC/C=C\C/C=C\C/C=C\C/C=C\C/C=C\C/C=C\CCC(=O)N[C@@H](CCCCC(=O)OC(C)(C)C)C(=O)OC. The summed E-state index contributed by atoms with van der Waals surface area (Å²) in [5.41, 5.74) is -0.511. The lowest BCUT2D eigenvalue weighted by Crippen LogP contribution is -2.41. The van der Waals surface area contributed by atoms with E-state index >= 15 is 0 Å². The zero-order valence-corrected chi connectivity index (χ0v) is 25.5. The van der Waals surface area contributed by atoms with E-state index in [-0.39, 0.29) is 18.3 Å². The first-order valence-electron chi connectivity index (χ1n) is 14.7. The maximum atomic E-state index is 12.3. The van der Waals surface area contributed by atoms with Gasteiger partial charge in [-0.1, -0.05) is 86.3 Å². The Bertz CT molecular complexity index is 871. The van der Waals surface area contributed by atoms with E-state index in [1.54, 1.807) is 0 Å². The molecule has 1 N–H and O–H groups in total. The summed E-state index contributed by atoms with van der Waals surface area (Å²) in [6, 6.07) is -0.707. The second-order valence-electron chi connectivity index (χ2n) is 10.4. The van der Waals surface area contributed by atoms with E-state index in [0.717, 1.165) is 38.5 Å². The molecule has 0 spiro atoms. The van der Waals surface area contributed by atoms with Gasteiger partial charge in [-0.05, 0) is 78.6 Å². The molecule has 0 radical (unpaired) electrons. The van der Waals surface area contributed by atoms with Crippen LogP contribution in [-0.2, 0) is 23.9 Å². The van der Waals surface area contributed by atoms with E-state index in [1.807, 2.05) is 32.9 Å². The Morgan fingerprint density at radius 3 is 1.62 bits per heavy atom. The molecule has 1 amide bonds. The van der Waals surface area contributed by atoms with E-state index in [2.05, 4.69) is 73.0 Å². The first kappa shape index (κ1) is 36.8. The van der Waals surface area contributed by atoms with Crippen molar-refractivity contribution in [1.29, 1.82) is 0 Å². The van der Waals surface area contributed by atoms with Crippen molar-refractivity contribution in [3.8, 4) is 0 Å². The van der Waals surface area contributed by atoms with Crippen LogP contribution >= 0.6 is 0 Å². The molecule has 0 fully saturated rings. The molecule has 0 unspecified atom stereocenters. The van der Waals surface area contributed by atoms with Crippen molar-refractivity contribution in [2.45, 2.75) is 116 Å². The van der Waals surface area contributed by atoms with Crippen molar-refractivity contribution in [3.63, 3.8) is 0 Å². The van der Waals surface area contributed by atoms with Gasteiger partial charge < -0.3 is 14.8 Å². The quantitative estimate of drug-likeness (QED) is 0.0881. The highest BCUT2D eigenvalue weighted by Gasteiger charge is 2.21. The van der Waals surface area contributed by atoms with Crippen molar-refractivity contribution >= 4 is 17.8 Å². The zero-order chi connectivity index (χ0) is 29.9. The minimum absolute atomic E-state index is 0.193. The fourth-order valence-electron chi connectivity index (χ4n) is 3.52. The van der Waals surface area contributed by atoms with E-state index in [0.29, 0.717) is 32.1 Å². The van der Waals surface area contributed by atoms with E-state index < -0.39 is 17.6 Å². The summed E-state index contributed by atoms with van der Waals surface area (Å²) in [6.07, 6.45) is 34.3. The Hall–Kier alpha value is -3.15. The van der Waals surface area contributed by atoms with Gasteiger partial charge >= 0.3 is 11.9 Å². The summed E-state index contributed by atoms with van der Waals surface area (Å²) in [7, 11) is 1.31. The smallest absolute Gasteiger partial charge is 0.328 e. The Morgan fingerprint density at radius 2 is 1.18 bits per heavy atom. The van der Waals surface area contributed by atoms with Crippen LogP contribution in [0.3, 0.4) is 0 Å². The fourth-order valence-corrected chi connectivity index (χ4v) is 3.52. The molecule has 0 aromatic carbocycles. The molecule has 0 saturated heterocycles. The van der Waals surface area contributed by atoms with Gasteiger partial charge in [0.05, 0.1) is 7.11 Å². The van der Waals surface area contributed by atoms with E-state index in [1.165, 1.54) is 7.11 Å². The van der Waals surface area contributed by atoms with Crippen molar-refractivity contribution in [3.05, 3.63) is 72.9 Å². The van der Waals surface area contributed by atoms with E-state index in [4.69, 9.17) is 9.47 Å². The van der Waals surface area contributed by atoms with Crippen LogP contribution in [0, 0.1) is 0 Å². The Balaban J connectivity index is 4.05. The van der Waals surface area contributed by atoms with Gasteiger partial charge in [0.2, 0.25) is 5.91 Å². The summed E-state index contributed by atoms with van der Waals surface area (Å²) < 4.78 is 10.1. The first-order chi connectivity index (χ1) is 19.2. The number of allylic oxidation sites excluding steroid dienone is 12. The maximum absolute atomic E-state index is 12.3. The molecule has 6 heteroatoms. The van der Waals surface area contributed by atoms with Gasteiger partial charge in [-0.15, -0.1) is 0 Å². The van der Waals surface area contributed by atoms with E-state index in [9.17, 15) is 14.4 Å². The third-order valence-electron chi connectivity index (χ3n) is 5.50. The number of hydrogen-bond donors (Lipinski definition) is 1. The minimum atomic E-state index is -0.707. The number of amides is 1. The van der Waals surface area contributed by atoms with Gasteiger partial charge in [0, 0.05) is 12.8 Å². The van der Waals surface area contributed by atoms with Gasteiger partial charge in [-0.25, -0.2) is 4.79 Å². The average molecular weight is 556 g/mol. The van der Waals surface area contributed by atoms with Crippen molar-refractivity contribution in [2.75, 3.05) is 7.11 Å². The van der Waals surface area contributed by atoms with Gasteiger partial charge in [0.25, 0.3) is 0 Å². The van der Waals surface area contributed by atoms with Gasteiger partial charge in [-0.2, -0.15) is 0 Å². The Morgan fingerprint density at radius 1 is 0.700 bits per heavy atom. The molecule has 0 aliphatic rings. The lowest BCUT2D eigenvalue weighted by Gasteiger charge is -2.19. The van der Waals surface area contributed by atoms with Crippen molar-refractivity contribution in [2.24, 2.45) is 0 Å². The number of rotatable bonds is 21. The number of carbonyl (C=O) groups excluding carboxylic acids is 3. The van der Waals surface area contributed by atoms with Crippen LogP contribution in [0.25, 0.3) is 0 Å². The lowest BCUT2D eigenvalue weighted by atomic mass is 10.1. The minimum Gasteiger partial charge on any atom is -0.467 e. The standard InChI is InChI=1S/C34H53NO5/c1-6-7-8-9-10-11-12-13-14-15-16-17-18-19-20-21-22-23-24-28-31(36)35-30(33(38)39-5)27-25-26-29-32(37)40-34(2,3)4/h7-8,10-11,13-14,16-17,19-20,22-23,30H,6,9,12,15,18,21,24-29H2,1-5H3,(H,35,36)/b8-7-,11-10-,14-13-,17-16-,20-19-,23-22-/t30-/m0/s1. The van der Waals surface area contributed by atoms with Gasteiger partial charge in [0.15, 0.2) is 0 Å². The first-order valence-corrected chi connectivity index (χ1v) is 14.7. The van der Waals surface area contributed by atoms with Gasteiger partial charge in [0.1, 0.15) is 11.6 Å². The number of nitrogens with one attached hydrogen (secondary N) is 1. The molecule has 224 valence electrons. The summed E-state index contributed by atoms with van der Waals surface area (Å²) in [5.74, 6) is -0.927. The van der Waals surface area contributed by atoms with Crippen LogP contribution in [-0.4, -0.2) is 36.6 Å². The average Bonchev–Trinajstić information content (AvgIpc) is 2.90. The molecular formula is C34H53NO5. The Labute approximate surface area is 243 Å². The number of methoxy groups -OCH3 is 1. The molecule has 1 atom stereocenters.